The second kappa shape index (κ2) is 4.71. The number of benzene rings is 1. The minimum absolute atomic E-state index is 0.261. The van der Waals surface area contributed by atoms with E-state index in [0.29, 0.717) is 15.5 Å². The molecular formula is C14H11BrN2O2S. The van der Waals surface area contributed by atoms with E-state index in [1.807, 2.05) is 6.92 Å². The third-order valence-electron chi connectivity index (χ3n) is 3.06. The Morgan fingerprint density at radius 1 is 1.15 bits per heavy atom. The van der Waals surface area contributed by atoms with Crippen LogP contribution in [-0.4, -0.2) is 17.4 Å². The van der Waals surface area contributed by atoms with Crippen LogP contribution >= 0.6 is 15.9 Å². The average molecular weight is 351 g/mol. The maximum atomic E-state index is 12.7. The molecule has 0 bridgehead atoms. The van der Waals surface area contributed by atoms with Crippen molar-refractivity contribution in [3.63, 3.8) is 0 Å². The van der Waals surface area contributed by atoms with Gasteiger partial charge in [-0.25, -0.2) is 12.4 Å². The summed E-state index contributed by atoms with van der Waals surface area (Å²) in [5.74, 6) is 0. The topological polar surface area (TPSA) is 52.0 Å². The second-order valence-corrected chi connectivity index (χ2v) is 7.13. The highest BCUT2D eigenvalue weighted by molar-refractivity contribution is 9.10. The lowest BCUT2D eigenvalue weighted by Gasteiger charge is -2.07. The van der Waals surface area contributed by atoms with Crippen LogP contribution in [0.25, 0.3) is 11.0 Å². The second-order valence-electron chi connectivity index (χ2n) is 4.46. The normalized spacial score (nSPS) is 11.9. The van der Waals surface area contributed by atoms with Crippen molar-refractivity contribution >= 4 is 37.0 Å². The van der Waals surface area contributed by atoms with E-state index in [4.69, 9.17) is 0 Å². The SMILES string of the molecule is Cc1ccc(S(=O)(=O)n2cc(Br)c3ncccc32)cc1. The highest BCUT2D eigenvalue weighted by Crippen LogP contribution is 2.27. The Hall–Kier alpha value is -1.66. The first-order valence-corrected chi connectivity index (χ1v) is 8.17. The van der Waals surface area contributed by atoms with Crippen LogP contribution in [0.5, 0.6) is 0 Å². The van der Waals surface area contributed by atoms with Crippen LogP contribution in [0.4, 0.5) is 0 Å². The molecule has 3 rings (SSSR count). The van der Waals surface area contributed by atoms with E-state index in [0.717, 1.165) is 5.56 Å². The minimum atomic E-state index is -3.61. The van der Waals surface area contributed by atoms with Crippen molar-refractivity contribution in [2.45, 2.75) is 11.8 Å². The van der Waals surface area contributed by atoms with Crippen LogP contribution < -0.4 is 0 Å². The molecule has 0 aliphatic carbocycles. The summed E-state index contributed by atoms with van der Waals surface area (Å²) in [7, 11) is -3.61. The molecule has 6 heteroatoms. The molecular weight excluding hydrogens is 340 g/mol. The van der Waals surface area contributed by atoms with Gasteiger partial charge in [0, 0.05) is 12.4 Å². The van der Waals surface area contributed by atoms with Gasteiger partial charge in [0.15, 0.2) is 0 Å². The van der Waals surface area contributed by atoms with Crippen LogP contribution in [0.3, 0.4) is 0 Å². The molecule has 3 aromatic rings. The van der Waals surface area contributed by atoms with E-state index in [-0.39, 0.29) is 4.90 Å². The van der Waals surface area contributed by atoms with Crippen molar-refractivity contribution in [1.82, 2.24) is 8.96 Å². The van der Waals surface area contributed by atoms with Crippen LogP contribution in [0.1, 0.15) is 5.56 Å². The van der Waals surface area contributed by atoms with E-state index < -0.39 is 10.0 Å². The first kappa shape index (κ1) is 13.3. The highest BCUT2D eigenvalue weighted by atomic mass is 79.9. The fourth-order valence-corrected chi connectivity index (χ4v) is 4.02. The Labute approximate surface area is 125 Å². The molecule has 0 saturated carbocycles. The monoisotopic (exact) mass is 350 g/mol. The zero-order chi connectivity index (χ0) is 14.3. The van der Waals surface area contributed by atoms with Gasteiger partial charge in [0.25, 0.3) is 10.0 Å². The van der Waals surface area contributed by atoms with Crippen LogP contribution in [-0.2, 0) is 10.0 Å². The van der Waals surface area contributed by atoms with Crippen molar-refractivity contribution in [3.05, 3.63) is 58.8 Å². The lowest BCUT2D eigenvalue weighted by molar-refractivity contribution is 0.589. The highest BCUT2D eigenvalue weighted by Gasteiger charge is 2.20. The molecule has 0 aliphatic heterocycles. The molecule has 0 N–H and O–H groups in total. The molecule has 20 heavy (non-hydrogen) atoms. The molecule has 1 aromatic carbocycles. The average Bonchev–Trinajstić information content (AvgIpc) is 2.78. The van der Waals surface area contributed by atoms with Gasteiger partial charge in [-0.15, -0.1) is 0 Å². The zero-order valence-electron chi connectivity index (χ0n) is 10.6. The standard InChI is InChI=1S/C14H11BrN2O2S/c1-10-4-6-11(7-5-10)20(18,19)17-9-12(15)14-13(17)3-2-8-16-14/h2-9H,1H3. The summed E-state index contributed by atoms with van der Waals surface area (Å²) >= 11 is 3.35. The summed E-state index contributed by atoms with van der Waals surface area (Å²) < 4.78 is 27.3. The van der Waals surface area contributed by atoms with Crippen molar-refractivity contribution in [1.29, 1.82) is 0 Å². The molecule has 2 heterocycles. The van der Waals surface area contributed by atoms with Gasteiger partial charge in [-0.3, -0.25) is 4.98 Å². The summed E-state index contributed by atoms with van der Waals surface area (Å²) in [5.41, 5.74) is 2.20. The van der Waals surface area contributed by atoms with E-state index in [9.17, 15) is 8.42 Å². The first-order valence-electron chi connectivity index (χ1n) is 5.94. The summed E-state index contributed by atoms with van der Waals surface area (Å²) in [6.07, 6.45) is 3.17. The summed E-state index contributed by atoms with van der Waals surface area (Å²) in [5, 5.41) is 0. The number of nitrogens with zero attached hydrogens (tertiary/aromatic N) is 2. The maximum absolute atomic E-state index is 12.7. The molecule has 0 spiro atoms. The fourth-order valence-electron chi connectivity index (χ4n) is 2.01. The number of hydrogen-bond acceptors (Lipinski definition) is 3. The lowest BCUT2D eigenvalue weighted by Crippen LogP contribution is -2.11. The number of halogens is 1. The predicted molar refractivity (Wildman–Crippen MR) is 81.2 cm³/mol. The number of pyridine rings is 1. The van der Waals surface area contributed by atoms with Crippen molar-refractivity contribution in [2.24, 2.45) is 0 Å². The van der Waals surface area contributed by atoms with Gasteiger partial charge in [0.2, 0.25) is 0 Å². The Morgan fingerprint density at radius 2 is 1.85 bits per heavy atom. The van der Waals surface area contributed by atoms with Crippen molar-refractivity contribution in [2.75, 3.05) is 0 Å². The predicted octanol–water partition coefficient (Wildman–Crippen LogP) is 3.34. The largest absolute Gasteiger partial charge is 0.268 e. The molecule has 4 nitrogen and oxygen atoms in total. The van der Waals surface area contributed by atoms with Gasteiger partial charge in [0.05, 0.1) is 14.9 Å². The number of fused-ring (bicyclic) bond motifs is 1. The molecule has 0 amide bonds. The maximum Gasteiger partial charge on any atom is 0.268 e. The molecule has 102 valence electrons. The van der Waals surface area contributed by atoms with Gasteiger partial charge in [-0.2, -0.15) is 0 Å². The summed E-state index contributed by atoms with van der Waals surface area (Å²) in [6, 6.07) is 10.2. The van der Waals surface area contributed by atoms with Crippen molar-refractivity contribution in [3.8, 4) is 0 Å². The molecule has 0 fully saturated rings. The number of hydrogen-bond donors (Lipinski definition) is 0. The quantitative estimate of drug-likeness (QED) is 0.712. The number of rotatable bonds is 2. The molecule has 0 unspecified atom stereocenters. The molecule has 0 radical (unpaired) electrons. The molecule has 2 aromatic heterocycles. The fraction of sp³-hybridized carbons (Fsp3) is 0.0714. The third-order valence-corrected chi connectivity index (χ3v) is 5.33. The lowest BCUT2D eigenvalue weighted by atomic mass is 10.2. The Balaban J connectivity index is 2.27. The van der Waals surface area contributed by atoms with E-state index in [1.54, 1.807) is 42.6 Å². The zero-order valence-corrected chi connectivity index (χ0v) is 13.0. The minimum Gasteiger partial charge on any atom is -0.253 e. The van der Waals surface area contributed by atoms with Gasteiger partial charge >= 0.3 is 0 Å². The summed E-state index contributed by atoms with van der Waals surface area (Å²) in [4.78, 5) is 4.45. The molecule has 0 atom stereocenters. The van der Waals surface area contributed by atoms with Gasteiger partial charge in [-0.1, -0.05) is 17.7 Å². The first-order chi connectivity index (χ1) is 9.50. The Morgan fingerprint density at radius 3 is 2.55 bits per heavy atom. The third kappa shape index (κ3) is 2.05. The van der Waals surface area contributed by atoms with Crippen molar-refractivity contribution < 1.29 is 8.42 Å². The molecule has 0 saturated heterocycles. The smallest absolute Gasteiger partial charge is 0.253 e. The van der Waals surface area contributed by atoms with E-state index in [2.05, 4.69) is 20.9 Å². The van der Waals surface area contributed by atoms with Gasteiger partial charge in [0.1, 0.15) is 5.52 Å². The molecule has 0 aliphatic rings. The van der Waals surface area contributed by atoms with Crippen LogP contribution in [0.15, 0.2) is 58.2 Å². The van der Waals surface area contributed by atoms with Crippen LogP contribution in [0, 0.1) is 6.92 Å². The van der Waals surface area contributed by atoms with E-state index in [1.165, 1.54) is 10.2 Å². The van der Waals surface area contributed by atoms with E-state index >= 15 is 0 Å². The van der Waals surface area contributed by atoms with Gasteiger partial charge < -0.3 is 0 Å². The van der Waals surface area contributed by atoms with Gasteiger partial charge in [-0.05, 0) is 47.1 Å². The Kier molecular flexibility index (Phi) is 3.14. The number of aryl methyl sites for hydroxylation is 1. The summed E-state index contributed by atoms with van der Waals surface area (Å²) in [6.45, 7) is 1.92. The van der Waals surface area contributed by atoms with Crippen LogP contribution in [0.2, 0.25) is 0 Å². The number of aromatic nitrogens is 2. The Bertz CT molecular complexity index is 883.